The number of hydrogen-bond donors (Lipinski definition) is 0. The zero-order chi connectivity index (χ0) is 13.3. The first-order valence-corrected chi connectivity index (χ1v) is 5.47. The van der Waals surface area contributed by atoms with Gasteiger partial charge in [0.25, 0.3) is 11.5 Å². The summed E-state index contributed by atoms with van der Waals surface area (Å²) in [5.74, 6) is -0.278. The minimum absolute atomic E-state index is 0.214. The van der Waals surface area contributed by atoms with E-state index in [1.807, 2.05) is 6.07 Å². The van der Waals surface area contributed by atoms with Gasteiger partial charge in [0.15, 0.2) is 0 Å². The number of fused-ring (bicyclic) bond motifs is 1. The summed E-state index contributed by atoms with van der Waals surface area (Å²) in [6.07, 6.45) is 0. The van der Waals surface area contributed by atoms with E-state index >= 15 is 0 Å². The lowest BCUT2D eigenvalue weighted by atomic mass is 10.1. The van der Waals surface area contributed by atoms with Gasteiger partial charge in [-0.05, 0) is 17.5 Å². The Bertz CT molecular complexity index is 659. The molecule has 0 aliphatic carbocycles. The van der Waals surface area contributed by atoms with Gasteiger partial charge in [-0.2, -0.15) is 0 Å². The molecule has 1 heterocycles. The van der Waals surface area contributed by atoms with Gasteiger partial charge >= 0.3 is 0 Å². The number of pyridine rings is 1. The quantitative estimate of drug-likeness (QED) is 0.786. The Hall–Kier alpha value is -2.30. The first-order chi connectivity index (χ1) is 8.56. The smallest absolute Gasteiger partial charge is 0.291 e. The van der Waals surface area contributed by atoms with Crippen molar-refractivity contribution in [1.82, 2.24) is 9.63 Å². The number of nitrogens with zero attached hydrogens (tertiary/aromatic N) is 2. The highest BCUT2D eigenvalue weighted by atomic mass is 16.6. The third kappa shape index (κ3) is 1.84. The lowest BCUT2D eigenvalue weighted by Gasteiger charge is -2.15. The van der Waals surface area contributed by atoms with Gasteiger partial charge in [-0.15, -0.1) is 4.73 Å². The van der Waals surface area contributed by atoms with Crippen LogP contribution in [-0.2, 0) is 0 Å². The summed E-state index contributed by atoms with van der Waals surface area (Å²) in [5, 5.41) is 1.25. The van der Waals surface area contributed by atoms with Crippen LogP contribution in [0.15, 0.2) is 35.1 Å². The molecule has 0 N–H and O–H groups in total. The molecule has 0 saturated heterocycles. The molecule has 1 aromatic heterocycles. The van der Waals surface area contributed by atoms with Crippen molar-refractivity contribution < 1.29 is 9.63 Å². The third-order valence-corrected chi connectivity index (χ3v) is 2.69. The van der Waals surface area contributed by atoms with Crippen molar-refractivity contribution >= 4 is 16.7 Å². The summed E-state index contributed by atoms with van der Waals surface area (Å²) in [5.41, 5.74) is -0.119. The fourth-order valence-electron chi connectivity index (χ4n) is 1.80. The fraction of sp³-hybridized carbons (Fsp3) is 0.231. The van der Waals surface area contributed by atoms with Crippen LogP contribution in [0.2, 0.25) is 0 Å². The van der Waals surface area contributed by atoms with Crippen molar-refractivity contribution in [2.24, 2.45) is 0 Å². The van der Waals surface area contributed by atoms with Crippen LogP contribution in [0.5, 0.6) is 0 Å². The Labute approximate surface area is 104 Å². The van der Waals surface area contributed by atoms with Crippen LogP contribution in [0, 0.1) is 0 Å². The molecule has 0 aliphatic heterocycles. The van der Waals surface area contributed by atoms with Crippen molar-refractivity contribution in [2.75, 3.05) is 21.2 Å². The number of benzene rings is 1. The maximum atomic E-state index is 12.2. The molecule has 0 aliphatic rings. The van der Waals surface area contributed by atoms with Crippen LogP contribution in [0.3, 0.4) is 0 Å². The normalized spacial score (nSPS) is 10.4. The maximum Gasteiger partial charge on any atom is 0.291 e. The SMILES string of the molecule is COn1c(C(=O)N(C)C)cc2ccccc2c1=O. The second-order valence-corrected chi connectivity index (χ2v) is 4.10. The summed E-state index contributed by atoms with van der Waals surface area (Å²) < 4.78 is 1.02. The van der Waals surface area contributed by atoms with Crippen LogP contribution in [0.1, 0.15) is 10.5 Å². The van der Waals surface area contributed by atoms with Gasteiger partial charge < -0.3 is 9.74 Å². The second kappa shape index (κ2) is 4.52. The van der Waals surface area contributed by atoms with Crippen molar-refractivity contribution in [3.8, 4) is 0 Å². The fourth-order valence-corrected chi connectivity index (χ4v) is 1.80. The number of aromatic nitrogens is 1. The molecular weight excluding hydrogens is 232 g/mol. The maximum absolute atomic E-state index is 12.2. The number of carbonyl (C=O) groups excluding carboxylic acids is 1. The zero-order valence-electron chi connectivity index (χ0n) is 10.5. The summed E-state index contributed by atoms with van der Waals surface area (Å²) in [6.45, 7) is 0. The van der Waals surface area contributed by atoms with E-state index in [0.29, 0.717) is 5.39 Å². The Morgan fingerprint density at radius 3 is 2.56 bits per heavy atom. The molecule has 2 aromatic rings. The van der Waals surface area contributed by atoms with E-state index in [9.17, 15) is 9.59 Å². The highest BCUT2D eigenvalue weighted by Crippen LogP contribution is 2.12. The molecule has 0 radical (unpaired) electrons. The van der Waals surface area contributed by atoms with Gasteiger partial charge in [-0.25, -0.2) is 0 Å². The molecule has 0 saturated carbocycles. The van der Waals surface area contributed by atoms with E-state index in [-0.39, 0.29) is 17.2 Å². The van der Waals surface area contributed by atoms with E-state index < -0.39 is 0 Å². The molecule has 1 aromatic carbocycles. The van der Waals surface area contributed by atoms with Gasteiger partial charge in [-0.1, -0.05) is 18.2 Å². The number of carbonyl (C=O) groups is 1. The highest BCUT2D eigenvalue weighted by Gasteiger charge is 2.17. The molecule has 0 spiro atoms. The molecule has 18 heavy (non-hydrogen) atoms. The molecule has 0 bridgehead atoms. The third-order valence-electron chi connectivity index (χ3n) is 2.69. The molecule has 2 rings (SSSR count). The average molecular weight is 246 g/mol. The molecule has 0 unspecified atom stereocenters. The van der Waals surface area contributed by atoms with Crippen LogP contribution in [0.4, 0.5) is 0 Å². The first kappa shape index (κ1) is 12.2. The van der Waals surface area contributed by atoms with Gasteiger partial charge in [0, 0.05) is 14.1 Å². The van der Waals surface area contributed by atoms with Gasteiger partial charge in [-0.3, -0.25) is 9.59 Å². The molecular formula is C13H14N2O3. The van der Waals surface area contributed by atoms with E-state index in [4.69, 9.17) is 4.84 Å². The standard InChI is InChI=1S/C13H14N2O3/c1-14(2)13(17)11-8-9-6-4-5-7-10(9)12(16)15(11)18-3/h4-8H,1-3H3. The van der Waals surface area contributed by atoms with Crippen LogP contribution < -0.4 is 10.4 Å². The number of rotatable bonds is 2. The van der Waals surface area contributed by atoms with E-state index in [1.54, 1.807) is 38.4 Å². The molecule has 0 atom stereocenters. The van der Waals surface area contributed by atoms with Crippen molar-refractivity contribution in [1.29, 1.82) is 0 Å². The van der Waals surface area contributed by atoms with Crippen molar-refractivity contribution in [2.45, 2.75) is 0 Å². The topological polar surface area (TPSA) is 51.5 Å². The number of hydrogen-bond acceptors (Lipinski definition) is 3. The van der Waals surface area contributed by atoms with Gasteiger partial charge in [0.2, 0.25) is 0 Å². The summed E-state index contributed by atoms with van der Waals surface area (Å²) >= 11 is 0. The summed E-state index contributed by atoms with van der Waals surface area (Å²) in [4.78, 5) is 30.6. The van der Waals surface area contributed by atoms with Crippen LogP contribution >= 0.6 is 0 Å². The molecule has 1 amide bonds. The lowest BCUT2D eigenvalue weighted by molar-refractivity contribution is 0.0760. The molecule has 5 heteroatoms. The Morgan fingerprint density at radius 2 is 1.94 bits per heavy atom. The van der Waals surface area contributed by atoms with Crippen LogP contribution in [-0.4, -0.2) is 36.7 Å². The lowest BCUT2D eigenvalue weighted by Crippen LogP contribution is -2.34. The van der Waals surface area contributed by atoms with Gasteiger partial charge in [0.05, 0.1) is 5.39 Å². The molecule has 0 fully saturated rings. The monoisotopic (exact) mass is 246 g/mol. The molecule has 94 valence electrons. The zero-order valence-corrected chi connectivity index (χ0v) is 10.5. The Kier molecular flexibility index (Phi) is 3.06. The Morgan fingerprint density at radius 1 is 1.28 bits per heavy atom. The minimum Gasteiger partial charge on any atom is -0.413 e. The number of amides is 1. The van der Waals surface area contributed by atoms with Crippen molar-refractivity contribution in [3.63, 3.8) is 0 Å². The largest absolute Gasteiger partial charge is 0.413 e. The van der Waals surface area contributed by atoms with E-state index in [1.165, 1.54) is 12.0 Å². The molecule has 5 nitrogen and oxygen atoms in total. The minimum atomic E-state index is -0.333. The predicted molar refractivity (Wildman–Crippen MR) is 68.7 cm³/mol. The summed E-state index contributed by atoms with van der Waals surface area (Å²) in [7, 11) is 4.62. The first-order valence-electron chi connectivity index (χ1n) is 5.47. The average Bonchev–Trinajstić information content (AvgIpc) is 2.37. The Balaban J connectivity index is 2.81. The highest BCUT2D eigenvalue weighted by molar-refractivity contribution is 5.96. The van der Waals surface area contributed by atoms with E-state index in [0.717, 1.165) is 10.1 Å². The van der Waals surface area contributed by atoms with Crippen molar-refractivity contribution in [3.05, 3.63) is 46.4 Å². The van der Waals surface area contributed by atoms with Crippen LogP contribution in [0.25, 0.3) is 10.8 Å². The van der Waals surface area contributed by atoms with E-state index in [2.05, 4.69) is 0 Å². The predicted octanol–water partition coefficient (Wildman–Crippen LogP) is 0.762. The summed E-state index contributed by atoms with van der Waals surface area (Å²) in [6, 6.07) is 8.75. The van der Waals surface area contributed by atoms with Gasteiger partial charge in [0.1, 0.15) is 12.8 Å². The second-order valence-electron chi connectivity index (χ2n) is 4.10.